The fraction of sp³-hybridized carbons (Fsp3) is 0.533. The molecule has 1 fully saturated rings. The summed E-state index contributed by atoms with van der Waals surface area (Å²) in [6.07, 6.45) is 4.26. The third-order valence-electron chi connectivity index (χ3n) is 4.13. The third-order valence-corrected chi connectivity index (χ3v) is 4.13. The van der Waals surface area contributed by atoms with E-state index in [1.807, 2.05) is 6.07 Å². The Balaban J connectivity index is 1.97. The van der Waals surface area contributed by atoms with Crippen molar-refractivity contribution in [2.75, 3.05) is 6.54 Å². The van der Waals surface area contributed by atoms with Crippen molar-refractivity contribution in [3.8, 4) is 0 Å². The molecule has 0 spiro atoms. The van der Waals surface area contributed by atoms with Crippen LogP contribution in [-0.2, 0) is 11.2 Å². The molecule has 2 atom stereocenters. The first-order valence-electron chi connectivity index (χ1n) is 6.59. The Morgan fingerprint density at radius 2 is 2.11 bits per heavy atom. The second kappa shape index (κ2) is 5.53. The standard InChI is InChI=1S/C15H21NO2/c16-11-15(10-14(17)18)7-6-13(9-15)8-12-4-2-1-3-5-12/h1-5,13H,6-11,16H2,(H,17,18). The number of hydrogen-bond acceptors (Lipinski definition) is 2. The predicted molar refractivity (Wildman–Crippen MR) is 71.2 cm³/mol. The van der Waals surface area contributed by atoms with Crippen LogP contribution in [0.25, 0.3) is 0 Å². The summed E-state index contributed by atoms with van der Waals surface area (Å²) in [5.74, 6) is -0.142. The van der Waals surface area contributed by atoms with Gasteiger partial charge < -0.3 is 10.8 Å². The molecule has 0 radical (unpaired) electrons. The first-order chi connectivity index (χ1) is 8.63. The summed E-state index contributed by atoms with van der Waals surface area (Å²) in [6.45, 7) is 0.491. The molecule has 0 bridgehead atoms. The Morgan fingerprint density at radius 1 is 1.39 bits per heavy atom. The molecular weight excluding hydrogens is 226 g/mol. The van der Waals surface area contributed by atoms with E-state index < -0.39 is 5.97 Å². The second-order valence-electron chi connectivity index (χ2n) is 5.57. The van der Waals surface area contributed by atoms with Crippen molar-refractivity contribution in [2.45, 2.75) is 32.1 Å². The van der Waals surface area contributed by atoms with Crippen molar-refractivity contribution in [2.24, 2.45) is 17.1 Å². The maximum absolute atomic E-state index is 10.9. The van der Waals surface area contributed by atoms with Crippen LogP contribution in [-0.4, -0.2) is 17.6 Å². The normalized spacial score (nSPS) is 27.3. The summed E-state index contributed by atoms with van der Waals surface area (Å²) in [4.78, 5) is 10.9. The lowest BCUT2D eigenvalue weighted by Crippen LogP contribution is -2.30. The molecule has 0 amide bonds. The first-order valence-corrected chi connectivity index (χ1v) is 6.59. The Labute approximate surface area is 108 Å². The molecule has 2 rings (SSSR count). The van der Waals surface area contributed by atoms with Gasteiger partial charge in [0.1, 0.15) is 0 Å². The van der Waals surface area contributed by atoms with E-state index in [2.05, 4.69) is 24.3 Å². The molecule has 1 aliphatic rings. The smallest absolute Gasteiger partial charge is 0.303 e. The Morgan fingerprint density at radius 3 is 2.72 bits per heavy atom. The monoisotopic (exact) mass is 247 g/mol. The van der Waals surface area contributed by atoms with E-state index in [1.54, 1.807) is 0 Å². The fourth-order valence-electron chi connectivity index (χ4n) is 3.19. The molecule has 3 N–H and O–H groups in total. The van der Waals surface area contributed by atoms with Gasteiger partial charge in [0, 0.05) is 0 Å². The van der Waals surface area contributed by atoms with Gasteiger partial charge in [-0.15, -0.1) is 0 Å². The lowest BCUT2D eigenvalue weighted by Gasteiger charge is -2.25. The zero-order valence-corrected chi connectivity index (χ0v) is 10.6. The van der Waals surface area contributed by atoms with Gasteiger partial charge in [0.25, 0.3) is 0 Å². The van der Waals surface area contributed by atoms with E-state index in [4.69, 9.17) is 10.8 Å². The van der Waals surface area contributed by atoms with Gasteiger partial charge in [-0.2, -0.15) is 0 Å². The molecule has 2 unspecified atom stereocenters. The SMILES string of the molecule is NCC1(CC(=O)O)CCC(Cc2ccccc2)C1. The summed E-state index contributed by atoms with van der Waals surface area (Å²) in [5.41, 5.74) is 6.99. The highest BCUT2D eigenvalue weighted by Gasteiger charge is 2.39. The van der Waals surface area contributed by atoms with Gasteiger partial charge in [-0.25, -0.2) is 0 Å². The lowest BCUT2D eigenvalue weighted by atomic mass is 9.81. The predicted octanol–water partition coefficient (Wildman–Crippen LogP) is 2.45. The number of carboxylic acid groups (broad SMARTS) is 1. The van der Waals surface area contributed by atoms with Crippen LogP contribution in [0.2, 0.25) is 0 Å². The van der Waals surface area contributed by atoms with Gasteiger partial charge >= 0.3 is 5.97 Å². The molecular formula is C15H21NO2. The number of aliphatic carboxylic acids is 1. The highest BCUT2D eigenvalue weighted by molar-refractivity contribution is 5.67. The molecule has 3 nitrogen and oxygen atoms in total. The first kappa shape index (κ1) is 13.1. The molecule has 1 aromatic carbocycles. The average Bonchev–Trinajstić information content (AvgIpc) is 2.73. The average molecular weight is 247 g/mol. The number of rotatable bonds is 5. The van der Waals surface area contributed by atoms with Gasteiger partial charge in [0.05, 0.1) is 6.42 Å². The summed E-state index contributed by atoms with van der Waals surface area (Å²) in [7, 11) is 0. The van der Waals surface area contributed by atoms with E-state index in [0.717, 1.165) is 25.7 Å². The molecule has 1 aromatic rings. The lowest BCUT2D eigenvalue weighted by molar-refractivity contribution is -0.139. The molecule has 18 heavy (non-hydrogen) atoms. The van der Waals surface area contributed by atoms with E-state index in [0.29, 0.717) is 12.5 Å². The highest BCUT2D eigenvalue weighted by atomic mass is 16.4. The number of nitrogens with two attached hydrogens (primary N) is 1. The summed E-state index contributed by atoms with van der Waals surface area (Å²) < 4.78 is 0. The van der Waals surface area contributed by atoms with Crippen molar-refractivity contribution in [3.05, 3.63) is 35.9 Å². The van der Waals surface area contributed by atoms with Crippen molar-refractivity contribution in [3.63, 3.8) is 0 Å². The maximum Gasteiger partial charge on any atom is 0.303 e. The Bertz CT molecular complexity index is 404. The molecule has 0 aromatic heterocycles. The number of carbonyl (C=O) groups is 1. The van der Waals surface area contributed by atoms with Crippen LogP contribution in [0.15, 0.2) is 30.3 Å². The highest BCUT2D eigenvalue weighted by Crippen LogP contribution is 2.44. The number of carboxylic acids is 1. The molecule has 1 aliphatic carbocycles. The van der Waals surface area contributed by atoms with Gasteiger partial charge in [-0.3, -0.25) is 4.79 Å². The van der Waals surface area contributed by atoms with Gasteiger partial charge in [0.15, 0.2) is 0 Å². The van der Waals surface area contributed by atoms with Crippen LogP contribution in [0, 0.1) is 11.3 Å². The summed E-state index contributed by atoms with van der Waals surface area (Å²) >= 11 is 0. The van der Waals surface area contributed by atoms with Crippen molar-refractivity contribution in [1.29, 1.82) is 0 Å². The van der Waals surface area contributed by atoms with Crippen molar-refractivity contribution >= 4 is 5.97 Å². The van der Waals surface area contributed by atoms with Crippen molar-refractivity contribution in [1.82, 2.24) is 0 Å². The van der Waals surface area contributed by atoms with Crippen molar-refractivity contribution < 1.29 is 9.90 Å². The fourth-order valence-corrected chi connectivity index (χ4v) is 3.19. The molecule has 0 aliphatic heterocycles. The number of hydrogen-bond donors (Lipinski definition) is 2. The zero-order valence-electron chi connectivity index (χ0n) is 10.6. The Hall–Kier alpha value is -1.35. The third kappa shape index (κ3) is 3.10. The minimum Gasteiger partial charge on any atom is -0.481 e. The Kier molecular flexibility index (Phi) is 4.02. The number of benzene rings is 1. The molecule has 98 valence electrons. The van der Waals surface area contributed by atoms with Gasteiger partial charge in [-0.05, 0) is 49.1 Å². The topological polar surface area (TPSA) is 63.3 Å². The van der Waals surface area contributed by atoms with Crippen LogP contribution < -0.4 is 5.73 Å². The summed E-state index contributed by atoms with van der Waals surface area (Å²) in [6, 6.07) is 10.4. The van der Waals surface area contributed by atoms with Crippen LogP contribution >= 0.6 is 0 Å². The van der Waals surface area contributed by atoms with Crippen LogP contribution in [0.3, 0.4) is 0 Å². The van der Waals surface area contributed by atoms with Gasteiger partial charge in [-0.1, -0.05) is 30.3 Å². The summed E-state index contributed by atoms with van der Waals surface area (Å²) in [5, 5.41) is 8.99. The van der Waals surface area contributed by atoms with Crippen LogP contribution in [0.1, 0.15) is 31.2 Å². The quantitative estimate of drug-likeness (QED) is 0.840. The van der Waals surface area contributed by atoms with Crippen LogP contribution in [0.4, 0.5) is 0 Å². The largest absolute Gasteiger partial charge is 0.481 e. The van der Waals surface area contributed by atoms with E-state index in [9.17, 15) is 4.79 Å². The van der Waals surface area contributed by atoms with E-state index >= 15 is 0 Å². The van der Waals surface area contributed by atoms with E-state index in [-0.39, 0.29) is 11.8 Å². The molecule has 3 heteroatoms. The zero-order chi connectivity index (χ0) is 13.0. The van der Waals surface area contributed by atoms with Gasteiger partial charge in [0.2, 0.25) is 0 Å². The second-order valence-corrected chi connectivity index (χ2v) is 5.57. The minimum absolute atomic E-state index is 0.161. The molecule has 0 saturated heterocycles. The minimum atomic E-state index is -0.721. The molecule has 0 heterocycles. The van der Waals surface area contributed by atoms with E-state index in [1.165, 1.54) is 5.56 Å². The maximum atomic E-state index is 10.9. The molecule has 1 saturated carbocycles. The van der Waals surface area contributed by atoms with Crippen LogP contribution in [0.5, 0.6) is 0 Å².